The number of carbonyl (C=O) groups is 1. The predicted molar refractivity (Wildman–Crippen MR) is 117 cm³/mol. The maximum atomic E-state index is 12.9. The minimum absolute atomic E-state index is 0.136. The van der Waals surface area contributed by atoms with Crippen molar-refractivity contribution in [2.24, 2.45) is 5.10 Å². The van der Waals surface area contributed by atoms with Gasteiger partial charge in [-0.05, 0) is 49.4 Å². The van der Waals surface area contributed by atoms with Crippen LogP contribution in [-0.4, -0.2) is 26.3 Å². The van der Waals surface area contributed by atoms with Crippen molar-refractivity contribution in [1.29, 1.82) is 0 Å². The second-order valence-corrected chi connectivity index (χ2v) is 7.42. The highest BCUT2D eigenvalue weighted by Crippen LogP contribution is 2.27. The molecule has 1 aliphatic heterocycles. The van der Waals surface area contributed by atoms with Crippen molar-refractivity contribution in [1.82, 2.24) is 9.55 Å². The summed E-state index contributed by atoms with van der Waals surface area (Å²) in [5, 5.41) is 16.2. The third kappa shape index (κ3) is 3.39. The van der Waals surface area contributed by atoms with Crippen LogP contribution < -0.4 is 16.3 Å². The van der Waals surface area contributed by atoms with E-state index < -0.39 is 23.0 Å². The van der Waals surface area contributed by atoms with E-state index in [0.29, 0.717) is 17.1 Å². The molecule has 150 valence electrons. The first-order valence-corrected chi connectivity index (χ1v) is 9.67. The number of aromatic nitrogens is 2. The Balaban J connectivity index is 1.81. The molecule has 0 unspecified atom stereocenters. The molecule has 2 N–H and O–H groups in total. The molecule has 30 heavy (non-hydrogen) atoms. The summed E-state index contributed by atoms with van der Waals surface area (Å²) in [5.41, 5.74) is -0.371. The Morgan fingerprint density at radius 3 is 2.33 bits per heavy atom. The van der Waals surface area contributed by atoms with Crippen LogP contribution in [0.5, 0.6) is 5.88 Å². The zero-order valence-electron chi connectivity index (χ0n) is 15.7. The van der Waals surface area contributed by atoms with E-state index >= 15 is 0 Å². The molecular weight excluding hydrogens is 452 g/mol. The Kier molecular flexibility index (Phi) is 4.96. The summed E-state index contributed by atoms with van der Waals surface area (Å²) in [6.07, 6.45) is 1.24. The summed E-state index contributed by atoms with van der Waals surface area (Å²) >= 11 is 3.34. The van der Waals surface area contributed by atoms with Crippen LogP contribution in [0, 0.1) is 0 Å². The molecule has 1 aliphatic rings. The van der Waals surface area contributed by atoms with Crippen molar-refractivity contribution < 1.29 is 9.90 Å². The van der Waals surface area contributed by atoms with Crippen LogP contribution in [0.15, 0.2) is 79.3 Å². The second kappa shape index (κ2) is 7.60. The molecule has 0 bridgehead atoms. The molecule has 0 saturated carbocycles. The number of anilines is 1. The molecule has 0 atom stereocenters. The lowest BCUT2D eigenvalue weighted by Gasteiger charge is -2.12. The van der Waals surface area contributed by atoms with Gasteiger partial charge in [0.1, 0.15) is 5.56 Å². The van der Waals surface area contributed by atoms with Gasteiger partial charge in [-0.25, -0.2) is 9.36 Å². The topological polar surface area (TPSA) is 108 Å². The molecule has 2 aromatic carbocycles. The standard InChI is InChI=1S/C21H15BrN4O4/c1-12-16(20(29)26(24-12)15-9-7-13(22)8-10-15)11-17-18(27)23-21(30)25(19(17)28)14-5-3-2-4-6-14/h2-11,28H,1H3,(H,23,27,30)/b16-11+. The van der Waals surface area contributed by atoms with Crippen LogP contribution in [0.1, 0.15) is 12.5 Å². The van der Waals surface area contributed by atoms with Gasteiger partial charge in [-0.15, -0.1) is 0 Å². The minimum atomic E-state index is -0.806. The summed E-state index contributed by atoms with van der Waals surface area (Å²) in [4.78, 5) is 39.8. The summed E-state index contributed by atoms with van der Waals surface area (Å²) in [7, 11) is 0. The second-order valence-electron chi connectivity index (χ2n) is 6.50. The van der Waals surface area contributed by atoms with Gasteiger partial charge in [0.25, 0.3) is 11.5 Å². The van der Waals surface area contributed by atoms with Crippen LogP contribution in [0.25, 0.3) is 11.8 Å². The lowest BCUT2D eigenvalue weighted by molar-refractivity contribution is -0.114. The summed E-state index contributed by atoms with van der Waals surface area (Å²) in [6.45, 7) is 1.63. The third-order valence-corrected chi connectivity index (χ3v) is 5.09. The number of hydrogen-bond acceptors (Lipinski definition) is 5. The fourth-order valence-corrected chi connectivity index (χ4v) is 3.34. The first-order chi connectivity index (χ1) is 14.4. The monoisotopic (exact) mass is 466 g/mol. The number of benzene rings is 2. The van der Waals surface area contributed by atoms with Crippen molar-refractivity contribution >= 4 is 39.3 Å². The third-order valence-electron chi connectivity index (χ3n) is 4.56. The Bertz CT molecular complexity index is 1320. The highest BCUT2D eigenvalue weighted by atomic mass is 79.9. The van der Waals surface area contributed by atoms with Gasteiger partial charge in [0.2, 0.25) is 5.88 Å². The molecular formula is C21H15BrN4O4. The Morgan fingerprint density at radius 2 is 1.67 bits per heavy atom. The van der Waals surface area contributed by atoms with E-state index in [1.54, 1.807) is 61.5 Å². The van der Waals surface area contributed by atoms with Crippen LogP contribution in [0.2, 0.25) is 0 Å². The molecule has 3 aromatic rings. The largest absolute Gasteiger partial charge is 0.494 e. The fraction of sp³-hybridized carbons (Fsp3) is 0.0476. The average Bonchev–Trinajstić information content (AvgIpc) is 3.00. The zero-order valence-corrected chi connectivity index (χ0v) is 17.3. The predicted octanol–water partition coefficient (Wildman–Crippen LogP) is 2.80. The minimum Gasteiger partial charge on any atom is -0.494 e. The molecule has 0 saturated heterocycles. The van der Waals surface area contributed by atoms with Crippen LogP contribution >= 0.6 is 15.9 Å². The van der Waals surface area contributed by atoms with E-state index in [1.165, 1.54) is 11.1 Å². The van der Waals surface area contributed by atoms with Gasteiger partial charge in [-0.2, -0.15) is 10.1 Å². The lowest BCUT2D eigenvalue weighted by atomic mass is 10.1. The molecule has 2 heterocycles. The van der Waals surface area contributed by atoms with Gasteiger partial charge in [-0.3, -0.25) is 14.6 Å². The van der Waals surface area contributed by atoms with Crippen molar-refractivity contribution in [2.75, 3.05) is 5.01 Å². The Hall–Kier alpha value is -3.72. The molecule has 1 aromatic heterocycles. The number of carbonyl (C=O) groups excluding carboxylic acids is 1. The first-order valence-electron chi connectivity index (χ1n) is 8.88. The summed E-state index contributed by atoms with van der Waals surface area (Å²) < 4.78 is 1.82. The van der Waals surface area contributed by atoms with Crippen LogP contribution in [0.3, 0.4) is 0 Å². The first kappa shape index (κ1) is 19.6. The molecule has 0 aliphatic carbocycles. The number of aromatic amines is 1. The number of rotatable bonds is 3. The maximum absolute atomic E-state index is 12.9. The number of H-pyrrole nitrogens is 1. The van der Waals surface area contributed by atoms with E-state index in [-0.39, 0.29) is 11.1 Å². The van der Waals surface area contributed by atoms with Crippen molar-refractivity contribution in [2.45, 2.75) is 6.92 Å². The van der Waals surface area contributed by atoms with Gasteiger partial charge in [0, 0.05) is 4.47 Å². The summed E-state index contributed by atoms with van der Waals surface area (Å²) in [6, 6.07) is 15.4. The highest BCUT2D eigenvalue weighted by molar-refractivity contribution is 9.10. The fourth-order valence-electron chi connectivity index (χ4n) is 3.07. The summed E-state index contributed by atoms with van der Waals surface area (Å²) in [5.74, 6) is -1.02. The molecule has 9 heteroatoms. The van der Waals surface area contributed by atoms with Crippen molar-refractivity contribution in [3.63, 3.8) is 0 Å². The molecule has 4 rings (SSSR count). The molecule has 0 spiro atoms. The van der Waals surface area contributed by atoms with E-state index in [2.05, 4.69) is 26.0 Å². The Labute approximate surface area is 178 Å². The number of hydrazone groups is 1. The number of halogens is 1. The number of amides is 1. The van der Waals surface area contributed by atoms with E-state index in [9.17, 15) is 19.5 Å². The number of aromatic hydroxyl groups is 1. The average molecular weight is 467 g/mol. The number of nitrogens with one attached hydrogen (secondary N) is 1. The van der Waals surface area contributed by atoms with Gasteiger partial charge in [0.05, 0.1) is 22.7 Å². The molecule has 8 nitrogen and oxygen atoms in total. The van der Waals surface area contributed by atoms with E-state index in [4.69, 9.17) is 0 Å². The molecule has 0 radical (unpaired) electrons. The van der Waals surface area contributed by atoms with Gasteiger partial charge >= 0.3 is 5.69 Å². The lowest BCUT2D eigenvalue weighted by Crippen LogP contribution is -2.30. The van der Waals surface area contributed by atoms with Crippen LogP contribution in [0.4, 0.5) is 5.69 Å². The Morgan fingerprint density at radius 1 is 1.00 bits per heavy atom. The number of hydrogen-bond donors (Lipinski definition) is 2. The van der Waals surface area contributed by atoms with E-state index in [1.807, 2.05) is 0 Å². The molecule has 1 amide bonds. The number of nitrogens with zero attached hydrogens (tertiary/aromatic N) is 3. The van der Waals surface area contributed by atoms with Crippen LogP contribution in [-0.2, 0) is 4.79 Å². The zero-order chi connectivity index (χ0) is 21.4. The highest BCUT2D eigenvalue weighted by Gasteiger charge is 2.29. The molecule has 0 fully saturated rings. The van der Waals surface area contributed by atoms with Gasteiger partial charge < -0.3 is 5.11 Å². The van der Waals surface area contributed by atoms with Crippen molar-refractivity contribution in [3.8, 4) is 11.6 Å². The normalized spacial score (nSPS) is 15.0. The van der Waals surface area contributed by atoms with Gasteiger partial charge in [-0.1, -0.05) is 34.1 Å². The maximum Gasteiger partial charge on any atom is 0.335 e. The smallest absolute Gasteiger partial charge is 0.335 e. The number of para-hydroxylation sites is 1. The van der Waals surface area contributed by atoms with Gasteiger partial charge in [0.15, 0.2) is 0 Å². The van der Waals surface area contributed by atoms with E-state index in [0.717, 1.165) is 9.04 Å². The van der Waals surface area contributed by atoms with Crippen molar-refractivity contribution in [3.05, 3.63) is 91.0 Å². The quantitative estimate of drug-likeness (QED) is 0.578. The SMILES string of the molecule is CC1=NN(c2ccc(Br)cc2)C(=O)/C1=C/c1c(O)n(-c2ccccc2)c(=O)[nH]c1=O.